The van der Waals surface area contributed by atoms with Crippen LogP contribution in [-0.4, -0.2) is 66.5 Å². The van der Waals surface area contributed by atoms with Gasteiger partial charge in [-0.1, -0.05) is 6.07 Å². The van der Waals surface area contributed by atoms with Crippen molar-refractivity contribution in [3.8, 4) is 0 Å². The van der Waals surface area contributed by atoms with E-state index in [0.29, 0.717) is 18.4 Å². The number of amides is 1. The predicted molar refractivity (Wildman–Crippen MR) is 121 cm³/mol. The first-order valence-electron chi connectivity index (χ1n) is 11.6. The molecule has 5 nitrogen and oxygen atoms in total. The molecule has 2 bridgehead atoms. The van der Waals surface area contributed by atoms with E-state index >= 15 is 0 Å². The molecule has 1 unspecified atom stereocenters. The Morgan fingerprint density at radius 3 is 2.64 bits per heavy atom. The number of nitrogens with zero attached hydrogens (tertiary/aromatic N) is 3. The number of alkyl halides is 3. The van der Waals surface area contributed by atoms with E-state index in [9.17, 15) is 18.0 Å². The van der Waals surface area contributed by atoms with Crippen molar-refractivity contribution in [3.63, 3.8) is 0 Å². The van der Waals surface area contributed by atoms with Crippen LogP contribution in [0.4, 0.5) is 13.2 Å². The summed E-state index contributed by atoms with van der Waals surface area (Å²) in [6.07, 6.45) is 0.608. The molecule has 3 saturated heterocycles. The van der Waals surface area contributed by atoms with E-state index < -0.39 is 11.7 Å². The molecule has 178 valence electrons. The average Bonchev–Trinajstić information content (AvgIpc) is 2.82. The van der Waals surface area contributed by atoms with Crippen LogP contribution in [0.2, 0.25) is 0 Å². The van der Waals surface area contributed by atoms with Crippen molar-refractivity contribution in [1.82, 2.24) is 20.1 Å². The molecule has 1 aromatic heterocycles. The number of halogens is 3. The maximum Gasteiger partial charge on any atom is 0.416 e. The molecule has 0 spiro atoms. The second-order valence-electron chi connectivity index (χ2n) is 9.31. The van der Waals surface area contributed by atoms with E-state index in [1.165, 1.54) is 18.6 Å². The Balaban J connectivity index is 1.23. The van der Waals surface area contributed by atoms with Crippen LogP contribution in [0, 0.1) is 11.8 Å². The third-order valence-corrected chi connectivity index (χ3v) is 7.01. The van der Waals surface area contributed by atoms with Gasteiger partial charge in [-0.2, -0.15) is 13.2 Å². The highest BCUT2D eigenvalue weighted by Gasteiger charge is 2.40. The zero-order chi connectivity index (χ0) is 23.4. The number of carbonyl (C=O) groups is 1. The summed E-state index contributed by atoms with van der Waals surface area (Å²) in [5.74, 6) is 0.937. The van der Waals surface area contributed by atoms with Crippen molar-refractivity contribution in [2.75, 3.05) is 39.8 Å². The summed E-state index contributed by atoms with van der Waals surface area (Å²) in [7, 11) is 2.17. The summed E-state index contributed by atoms with van der Waals surface area (Å²) < 4.78 is 38.2. The largest absolute Gasteiger partial charge is 0.416 e. The number of carbonyl (C=O) groups excluding carboxylic acids is 1. The van der Waals surface area contributed by atoms with Gasteiger partial charge in [-0.15, -0.1) is 0 Å². The number of nitrogens with one attached hydrogen (secondary N) is 1. The minimum atomic E-state index is -4.40. The molecule has 1 amide bonds. The molecule has 33 heavy (non-hydrogen) atoms. The molecule has 4 heterocycles. The Morgan fingerprint density at radius 2 is 2.00 bits per heavy atom. The number of hydrogen-bond acceptors (Lipinski definition) is 4. The third kappa shape index (κ3) is 6.12. The monoisotopic (exact) mass is 460 g/mol. The SMILES string of the molecule is CN(CCc1ccccn1)C[C@@H]1CN2CC[C@H]1C[C@@H]2CNC(=O)c1ccc(C(F)(F)F)cc1. The Kier molecular flexibility index (Phi) is 7.34. The van der Waals surface area contributed by atoms with Gasteiger partial charge in [0.05, 0.1) is 5.56 Å². The Labute approximate surface area is 193 Å². The highest BCUT2D eigenvalue weighted by Crippen LogP contribution is 2.36. The number of hydrogen-bond donors (Lipinski definition) is 1. The first kappa shape index (κ1) is 23.7. The van der Waals surface area contributed by atoms with E-state index in [1.807, 2.05) is 18.3 Å². The van der Waals surface area contributed by atoms with Crippen LogP contribution in [-0.2, 0) is 12.6 Å². The molecule has 1 aromatic carbocycles. The number of likely N-dealkylation sites (N-methyl/N-ethyl adjacent to an activating group) is 1. The van der Waals surface area contributed by atoms with Crippen LogP contribution in [0.3, 0.4) is 0 Å². The molecule has 3 aliphatic rings. The fourth-order valence-electron chi connectivity index (χ4n) is 5.13. The first-order valence-corrected chi connectivity index (χ1v) is 11.6. The standard InChI is InChI=1S/C25H31F3N4O/c1-31(12-10-22-4-2-3-11-29-22)16-20-17-32-13-9-19(20)14-23(32)15-30-24(33)18-5-7-21(8-6-18)25(26,27)28/h2-8,11,19-20,23H,9-10,12-17H2,1H3,(H,30,33)/t19-,20+,23+/m0/s1. The smallest absolute Gasteiger partial charge is 0.350 e. The second kappa shape index (κ2) is 10.2. The maximum absolute atomic E-state index is 12.7. The van der Waals surface area contributed by atoms with Crippen LogP contribution >= 0.6 is 0 Å². The summed E-state index contributed by atoms with van der Waals surface area (Å²) in [6, 6.07) is 10.7. The average molecular weight is 461 g/mol. The summed E-state index contributed by atoms with van der Waals surface area (Å²) in [6.45, 7) is 4.63. The summed E-state index contributed by atoms with van der Waals surface area (Å²) in [5.41, 5.74) is 0.624. The fraction of sp³-hybridized carbons (Fsp3) is 0.520. The third-order valence-electron chi connectivity index (χ3n) is 7.01. The number of benzene rings is 1. The molecule has 3 aliphatic heterocycles. The molecule has 0 radical (unpaired) electrons. The van der Waals surface area contributed by atoms with Gasteiger partial charge >= 0.3 is 6.18 Å². The number of piperidine rings is 3. The Morgan fingerprint density at radius 1 is 1.21 bits per heavy atom. The van der Waals surface area contributed by atoms with Gasteiger partial charge in [-0.25, -0.2) is 0 Å². The van der Waals surface area contributed by atoms with Crippen molar-refractivity contribution in [3.05, 3.63) is 65.5 Å². The van der Waals surface area contributed by atoms with E-state index in [2.05, 4.69) is 33.2 Å². The lowest BCUT2D eigenvalue weighted by Crippen LogP contribution is -2.58. The molecule has 2 aromatic rings. The number of fused-ring (bicyclic) bond motifs is 3. The number of aromatic nitrogens is 1. The van der Waals surface area contributed by atoms with Gasteiger partial charge in [0.15, 0.2) is 0 Å². The summed E-state index contributed by atoms with van der Waals surface area (Å²) in [5, 5.41) is 2.93. The maximum atomic E-state index is 12.7. The van der Waals surface area contributed by atoms with Gasteiger partial charge in [-0.3, -0.25) is 14.7 Å². The lowest BCUT2D eigenvalue weighted by atomic mass is 9.75. The zero-order valence-corrected chi connectivity index (χ0v) is 18.9. The van der Waals surface area contributed by atoms with Crippen LogP contribution in [0.5, 0.6) is 0 Å². The molecule has 8 heteroatoms. The van der Waals surface area contributed by atoms with Crippen molar-refractivity contribution in [2.24, 2.45) is 11.8 Å². The molecular weight excluding hydrogens is 429 g/mol. The fourth-order valence-corrected chi connectivity index (χ4v) is 5.13. The van der Waals surface area contributed by atoms with Crippen molar-refractivity contribution < 1.29 is 18.0 Å². The Hall–Kier alpha value is -2.45. The van der Waals surface area contributed by atoms with Crippen LogP contribution < -0.4 is 5.32 Å². The molecule has 1 N–H and O–H groups in total. The lowest BCUT2D eigenvalue weighted by molar-refractivity contribution is -0.137. The highest BCUT2D eigenvalue weighted by molar-refractivity contribution is 5.94. The molecule has 0 aliphatic carbocycles. The number of rotatable bonds is 8. The highest BCUT2D eigenvalue weighted by atomic mass is 19.4. The minimum absolute atomic E-state index is 0.256. The molecule has 3 fully saturated rings. The van der Waals surface area contributed by atoms with Crippen molar-refractivity contribution >= 4 is 5.91 Å². The Bertz CT molecular complexity index is 919. The van der Waals surface area contributed by atoms with Crippen LogP contribution in [0.1, 0.15) is 34.5 Å². The minimum Gasteiger partial charge on any atom is -0.350 e. The van der Waals surface area contributed by atoms with Crippen molar-refractivity contribution in [2.45, 2.75) is 31.5 Å². The summed E-state index contributed by atoms with van der Waals surface area (Å²) >= 11 is 0. The molecule has 5 rings (SSSR count). The first-order chi connectivity index (χ1) is 15.8. The molecular formula is C25H31F3N4O. The van der Waals surface area contributed by atoms with Crippen LogP contribution in [0.15, 0.2) is 48.7 Å². The van der Waals surface area contributed by atoms with Gasteiger partial charge in [0.25, 0.3) is 5.91 Å². The van der Waals surface area contributed by atoms with Crippen molar-refractivity contribution in [1.29, 1.82) is 0 Å². The molecule has 0 saturated carbocycles. The molecule has 4 atom stereocenters. The normalized spacial score (nSPS) is 24.8. The van der Waals surface area contributed by atoms with E-state index in [1.54, 1.807) is 0 Å². The summed E-state index contributed by atoms with van der Waals surface area (Å²) in [4.78, 5) is 21.7. The van der Waals surface area contributed by atoms with Gasteiger partial charge in [0, 0.05) is 56.1 Å². The van der Waals surface area contributed by atoms with E-state index in [4.69, 9.17) is 0 Å². The zero-order valence-electron chi connectivity index (χ0n) is 18.9. The van der Waals surface area contributed by atoms with E-state index in [0.717, 1.165) is 56.8 Å². The topological polar surface area (TPSA) is 48.5 Å². The van der Waals surface area contributed by atoms with Gasteiger partial charge in [-0.05, 0) is 74.7 Å². The van der Waals surface area contributed by atoms with Crippen LogP contribution in [0.25, 0.3) is 0 Å². The van der Waals surface area contributed by atoms with Gasteiger partial charge in [0.1, 0.15) is 0 Å². The quantitative estimate of drug-likeness (QED) is 0.653. The predicted octanol–water partition coefficient (Wildman–Crippen LogP) is 3.72. The van der Waals surface area contributed by atoms with Gasteiger partial charge < -0.3 is 10.2 Å². The number of pyridine rings is 1. The van der Waals surface area contributed by atoms with Gasteiger partial charge in [0.2, 0.25) is 0 Å². The lowest BCUT2D eigenvalue weighted by Gasteiger charge is -2.50. The second-order valence-corrected chi connectivity index (χ2v) is 9.31. The van der Waals surface area contributed by atoms with E-state index in [-0.39, 0.29) is 17.5 Å².